The van der Waals surface area contributed by atoms with Gasteiger partial charge in [-0.25, -0.2) is 18.7 Å². The smallest absolute Gasteiger partial charge is 0.280 e. The van der Waals surface area contributed by atoms with E-state index < -0.39 is 17.5 Å². The first kappa shape index (κ1) is 25.2. The predicted molar refractivity (Wildman–Crippen MR) is 142 cm³/mol. The molecule has 1 atom stereocenters. The molecular weight excluding hydrogens is 510 g/mol. The Kier molecular flexibility index (Phi) is 6.69. The van der Waals surface area contributed by atoms with Crippen LogP contribution in [0.2, 0.25) is 5.02 Å². The molecule has 4 aromatic rings. The largest absolute Gasteiger partial charge is 0.370 e. The summed E-state index contributed by atoms with van der Waals surface area (Å²) in [6, 6.07) is 15.6. The van der Waals surface area contributed by atoms with Gasteiger partial charge in [-0.1, -0.05) is 42.8 Å². The van der Waals surface area contributed by atoms with Crippen molar-refractivity contribution in [3.63, 3.8) is 0 Å². The van der Waals surface area contributed by atoms with Crippen LogP contribution in [0.1, 0.15) is 51.3 Å². The number of nitrogens with two attached hydrogens (primary N) is 2. The average molecular weight is 531 g/mol. The monoisotopic (exact) mass is 530 g/mol. The molecule has 3 aromatic carbocycles. The summed E-state index contributed by atoms with van der Waals surface area (Å²) in [5, 5.41) is 0.398. The van der Waals surface area contributed by atoms with E-state index in [0.29, 0.717) is 38.8 Å². The number of carbonyl (C=O) groups is 1. The summed E-state index contributed by atoms with van der Waals surface area (Å²) >= 11 is 6.29. The molecule has 0 spiro atoms. The lowest BCUT2D eigenvalue weighted by Crippen LogP contribution is -2.24. The normalized spacial score (nSPS) is 13.0. The van der Waals surface area contributed by atoms with Crippen LogP contribution in [0.5, 0.6) is 0 Å². The topological polar surface area (TPSA) is 120 Å². The van der Waals surface area contributed by atoms with Crippen LogP contribution in [-0.4, -0.2) is 27.5 Å². The van der Waals surface area contributed by atoms with Gasteiger partial charge in [0.1, 0.15) is 17.5 Å². The Morgan fingerprint density at radius 1 is 1.03 bits per heavy atom. The highest BCUT2D eigenvalue weighted by Gasteiger charge is 2.26. The summed E-state index contributed by atoms with van der Waals surface area (Å²) in [5.74, 6) is -2.00. The van der Waals surface area contributed by atoms with E-state index in [1.807, 2.05) is 6.92 Å². The van der Waals surface area contributed by atoms with Crippen LogP contribution in [-0.2, 0) is 6.54 Å². The van der Waals surface area contributed by atoms with Crippen molar-refractivity contribution < 1.29 is 13.6 Å². The standard InChI is InChI=1S/C28H21ClF2N6O/c1-14(15-5-7-16(8-6-15)27(38)37-28(32)33)26-35-13-17-12-34-25(23-21(30)3-2-4-22(23)31)20-11-18(29)9-10-19(20)24(17)36-26/h2-11,13-14H,12H2,1H3,(H4,32,33,37,38). The second-order valence-corrected chi connectivity index (χ2v) is 9.18. The zero-order valence-electron chi connectivity index (χ0n) is 20.1. The van der Waals surface area contributed by atoms with Crippen LogP contribution in [0.15, 0.2) is 76.8 Å². The Morgan fingerprint density at radius 3 is 2.42 bits per heavy atom. The molecule has 7 nitrogen and oxygen atoms in total. The molecule has 0 saturated heterocycles. The van der Waals surface area contributed by atoms with Crippen LogP contribution in [0, 0.1) is 11.6 Å². The van der Waals surface area contributed by atoms with Crippen molar-refractivity contribution in [3.8, 4) is 11.3 Å². The maximum Gasteiger partial charge on any atom is 0.280 e. The zero-order chi connectivity index (χ0) is 27.0. The van der Waals surface area contributed by atoms with E-state index in [4.69, 9.17) is 28.1 Å². The van der Waals surface area contributed by atoms with Crippen LogP contribution >= 0.6 is 11.6 Å². The average Bonchev–Trinajstić information content (AvgIpc) is 3.04. The molecule has 0 bridgehead atoms. The number of guanidine groups is 1. The highest BCUT2D eigenvalue weighted by molar-refractivity contribution is 6.31. The van der Waals surface area contributed by atoms with Crippen molar-refractivity contribution >= 4 is 29.2 Å². The van der Waals surface area contributed by atoms with Gasteiger partial charge in [0.05, 0.1) is 23.5 Å². The molecule has 0 saturated carbocycles. The van der Waals surface area contributed by atoms with Gasteiger partial charge in [0.2, 0.25) is 0 Å². The fourth-order valence-corrected chi connectivity index (χ4v) is 4.50. The first-order valence-electron chi connectivity index (χ1n) is 11.6. The predicted octanol–water partition coefficient (Wildman–Crippen LogP) is 4.99. The number of hydrogen-bond acceptors (Lipinski definition) is 4. The van der Waals surface area contributed by atoms with E-state index in [2.05, 4.69) is 15.0 Å². The Labute approximate surface area is 221 Å². The number of benzene rings is 3. The first-order chi connectivity index (χ1) is 18.2. The number of nitrogens with zero attached hydrogens (tertiary/aromatic N) is 4. The SMILES string of the molecule is CC(c1ccc(C(=O)N=C(N)N)cc1)c1ncc2c(n1)-c1ccc(Cl)cc1C(c1c(F)cccc1F)=NC2. The van der Waals surface area contributed by atoms with Gasteiger partial charge in [-0.05, 0) is 42.0 Å². The lowest BCUT2D eigenvalue weighted by Gasteiger charge is -2.15. The Balaban J connectivity index is 1.56. The van der Waals surface area contributed by atoms with Gasteiger partial charge < -0.3 is 11.5 Å². The molecule has 5 rings (SSSR count). The molecule has 0 aliphatic carbocycles. The molecular formula is C28H21ClF2N6O. The van der Waals surface area contributed by atoms with E-state index >= 15 is 0 Å². The summed E-state index contributed by atoms with van der Waals surface area (Å²) in [4.78, 5) is 29.6. The van der Waals surface area contributed by atoms with Crippen LogP contribution < -0.4 is 11.5 Å². The lowest BCUT2D eigenvalue weighted by molar-refractivity contribution is 0.100. The number of carbonyl (C=O) groups excluding carboxylic acids is 1. The minimum atomic E-state index is -0.720. The molecule has 1 amide bonds. The van der Waals surface area contributed by atoms with Gasteiger partial charge in [-0.15, -0.1) is 0 Å². The Hall–Kier alpha value is -4.50. The molecule has 1 unspecified atom stereocenters. The molecule has 2 heterocycles. The van der Waals surface area contributed by atoms with E-state index in [-0.39, 0.29) is 29.7 Å². The van der Waals surface area contributed by atoms with Gasteiger partial charge in [0.15, 0.2) is 5.96 Å². The van der Waals surface area contributed by atoms with Crippen molar-refractivity contribution in [3.05, 3.63) is 117 Å². The first-order valence-corrected chi connectivity index (χ1v) is 12.0. The lowest BCUT2D eigenvalue weighted by atomic mass is 9.94. The van der Waals surface area contributed by atoms with Crippen molar-refractivity contribution in [2.24, 2.45) is 21.5 Å². The number of rotatable bonds is 4. The maximum atomic E-state index is 14.8. The van der Waals surface area contributed by atoms with Crippen LogP contribution in [0.25, 0.3) is 11.3 Å². The number of amides is 1. The van der Waals surface area contributed by atoms with Gasteiger partial charge >= 0.3 is 0 Å². The molecule has 4 N–H and O–H groups in total. The van der Waals surface area contributed by atoms with E-state index in [0.717, 1.165) is 5.56 Å². The second kappa shape index (κ2) is 10.1. The summed E-state index contributed by atoms with van der Waals surface area (Å²) < 4.78 is 29.5. The van der Waals surface area contributed by atoms with Gasteiger partial charge in [-0.2, -0.15) is 4.99 Å². The molecule has 38 heavy (non-hydrogen) atoms. The highest BCUT2D eigenvalue weighted by atomic mass is 35.5. The number of aromatic nitrogens is 2. The fourth-order valence-electron chi connectivity index (χ4n) is 4.33. The summed E-state index contributed by atoms with van der Waals surface area (Å²) in [5.41, 5.74) is 14.1. The molecule has 190 valence electrons. The molecule has 1 aliphatic rings. The summed E-state index contributed by atoms with van der Waals surface area (Å²) in [6.07, 6.45) is 1.67. The van der Waals surface area contributed by atoms with Crippen molar-refractivity contribution in [2.45, 2.75) is 19.4 Å². The van der Waals surface area contributed by atoms with Crippen LogP contribution in [0.3, 0.4) is 0 Å². The molecule has 10 heteroatoms. The zero-order valence-corrected chi connectivity index (χ0v) is 20.9. The Morgan fingerprint density at radius 2 is 1.74 bits per heavy atom. The van der Waals surface area contributed by atoms with E-state index in [1.54, 1.807) is 48.7 Å². The number of halogens is 3. The summed E-state index contributed by atoms with van der Waals surface area (Å²) in [6.45, 7) is 2.06. The minimum Gasteiger partial charge on any atom is -0.370 e. The van der Waals surface area contributed by atoms with Gasteiger partial charge in [0.25, 0.3) is 5.91 Å². The third-order valence-electron chi connectivity index (χ3n) is 6.26. The Bertz CT molecular complexity index is 1610. The van der Waals surface area contributed by atoms with Crippen LogP contribution in [0.4, 0.5) is 8.78 Å². The quantitative estimate of drug-likeness (QED) is 0.284. The second-order valence-electron chi connectivity index (χ2n) is 8.74. The fraction of sp³-hybridized carbons (Fsp3) is 0.107. The van der Waals surface area contributed by atoms with Gasteiger partial charge in [-0.3, -0.25) is 9.79 Å². The molecule has 0 fully saturated rings. The van der Waals surface area contributed by atoms with Crippen molar-refractivity contribution in [2.75, 3.05) is 0 Å². The van der Waals surface area contributed by atoms with E-state index in [1.165, 1.54) is 18.2 Å². The third kappa shape index (κ3) is 4.76. The molecule has 1 aromatic heterocycles. The van der Waals surface area contributed by atoms with Gasteiger partial charge in [0, 0.05) is 39.4 Å². The van der Waals surface area contributed by atoms with Crippen molar-refractivity contribution in [1.82, 2.24) is 9.97 Å². The highest BCUT2D eigenvalue weighted by Crippen LogP contribution is 2.35. The molecule has 1 aliphatic heterocycles. The summed E-state index contributed by atoms with van der Waals surface area (Å²) in [7, 11) is 0. The number of fused-ring (bicyclic) bond motifs is 3. The number of aliphatic imine (C=N–C) groups is 2. The van der Waals surface area contributed by atoms with Crippen molar-refractivity contribution in [1.29, 1.82) is 0 Å². The maximum absolute atomic E-state index is 14.8. The minimum absolute atomic E-state index is 0.126. The van der Waals surface area contributed by atoms with E-state index in [9.17, 15) is 13.6 Å². The molecule has 0 radical (unpaired) electrons. The number of hydrogen-bond donors (Lipinski definition) is 2. The third-order valence-corrected chi connectivity index (χ3v) is 6.49.